The molecule has 2 N–H and O–H groups in total. The Morgan fingerprint density at radius 3 is 2.43 bits per heavy atom. The molecule has 1 fully saturated rings. The van der Waals surface area contributed by atoms with Gasteiger partial charge in [0.1, 0.15) is 0 Å². The number of ether oxygens (including phenoxy) is 2. The zero-order valence-corrected chi connectivity index (χ0v) is 17.4. The second kappa shape index (κ2) is 10.9. The largest absolute Gasteiger partial charge is 0.493 e. The third-order valence-corrected chi connectivity index (χ3v) is 4.87. The Morgan fingerprint density at radius 1 is 1.11 bits per heavy atom. The fourth-order valence-electron chi connectivity index (χ4n) is 3.49. The summed E-state index contributed by atoms with van der Waals surface area (Å²) in [4.78, 5) is 27.4. The van der Waals surface area contributed by atoms with Crippen molar-refractivity contribution in [2.45, 2.75) is 52.5 Å². The third-order valence-electron chi connectivity index (χ3n) is 4.87. The Morgan fingerprint density at radius 2 is 1.82 bits per heavy atom. The Labute approximate surface area is 167 Å². The molecule has 1 aromatic rings. The van der Waals surface area contributed by atoms with Crippen LogP contribution >= 0.6 is 0 Å². The molecular weight excluding hydrogens is 358 g/mol. The summed E-state index contributed by atoms with van der Waals surface area (Å²) in [6.45, 7) is 8.48. The highest BCUT2D eigenvalue weighted by Crippen LogP contribution is 2.28. The molecule has 1 aliphatic heterocycles. The number of hydrogen-bond acceptors (Lipinski definition) is 5. The van der Waals surface area contributed by atoms with E-state index in [1.54, 1.807) is 18.2 Å². The monoisotopic (exact) mass is 391 g/mol. The van der Waals surface area contributed by atoms with Crippen LogP contribution in [0.25, 0.3) is 0 Å². The van der Waals surface area contributed by atoms with Gasteiger partial charge in [0, 0.05) is 5.56 Å². The first kappa shape index (κ1) is 22.0. The number of piperidine rings is 1. The molecule has 2 rings (SSSR count). The quantitative estimate of drug-likeness (QED) is 0.666. The Hall–Kier alpha value is -2.28. The maximum absolute atomic E-state index is 12.7. The van der Waals surface area contributed by atoms with E-state index in [0.29, 0.717) is 23.7 Å². The highest BCUT2D eigenvalue weighted by atomic mass is 16.5. The number of amides is 2. The third kappa shape index (κ3) is 5.86. The van der Waals surface area contributed by atoms with Gasteiger partial charge in [-0.2, -0.15) is 0 Å². The highest BCUT2D eigenvalue weighted by molar-refractivity contribution is 5.96. The van der Waals surface area contributed by atoms with E-state index in [4.69, 9.17) is 9.47 Å². The van der Waals surface area contributed by atoms with Gasteiger partial charge in [0.15, 0.2) is 11.5 Å². The first-order valence-electron chi connectivity index (χ1n) is 10.1. The maximum atomic E-state index is 12.7. The maximum Gasteiger partial charge on any atom is 0.269 e. The average molecular weight is 392 g/mol. The molecule has 7 heteroatoms. The molecule has 0 radical (unpaired) electrons. The minimum atomic E-state index is -0.394. The summed E-state index contributed by atoms with van der Waals surface area (Å²) in [7, 11) is 1.53. The molecule has 7 nitrogen and oxygen atoms in total. The smallest absolute Gasteiger partial charge is 0.269 e. The minimum absolute atomic E-state index is 0.157. The van der Waals surface area contributed by atoms with Crippen molar-refractivity contribution in [2.24, 2.45) is 5.92 Å². The lowest BCUT2D eigenvalue weighted by atomic mass is 9.99. The predicted molar refractivity (Wildman–Crippen MR) is 108 cm³/mol. The SMILES string of the molecule is CCCOc1ccc(C(=O)NNC(=O)[C@@H](C(C)C)N2CCCCC2)cc1OC. The van der Waals surface area contributed by atoms with E-state index < -0.39 is 5.91 Å². The number of nitrogens with one attached hydrogen (secondary N) is 2. The van der Waals surface area contributed by atoms with Crippen molar-refractivity contribution in [1.29, 1.82) is 0 Å². The molecule has 28 heavy (non-hydrogen) atoms. The van der Waals surface area contributed by atoms with Crippen molar-refractivity contribution in [3.63, 3.8) is 0 Å². The molecule has 0 spiro atoms. The molecule has 0 aromatic heterocycles. The highest BCUT2D eigenvalue weighted by Gasteiger charge is 2.30. The van der Waals surface area contributed by atoms with E-state index in [1.165, 1.54) is 13.5 Å². The van der Waals surface area contributed by atoms with Gasteiger partial charge in [0.05, 0.1) is 19.8 Å². The van der Waals surface area contributed by atoms with Gasteiger partial charge >= 0.3 is 0 Å². The van der Waals surface area contributed by atoms with Gasteiger partial charge in [0.25, 0.3) is 11.8 Å². The molecule has 156 valence electrons. The van der Waals surface area contributed by atoms with Crippen LogP contribution in [0, 0.1) is 5.92 Å². The van der Waals surface area contributed by atoms with Crippen molar-refractivity contribution < 1.29 is 19.1 Å². The molecule has 2 amide bonds. The summed E-state index contributed by atoms with van der Waals surface area (Å²) < 4.78 is 10.9. The lowest BCUT2D eigenvalue weighted by Crippen LogP contribution is -2.55. The lowest BCUT2D eigenvalue weighted by Gasteiger charge is -2.35. The van der Waals surface area contributed by atoms with Gasteiger partial charge in [-0.1, -0.05) is 27.2 Å². The average Bonchev–Trinajstić information content (AvgIpc) is 2.71. The normalized spacial score (nSPS) is 15.8. The van der Waals surface area contributed by atoms with Crippen LogP contribution in [-0.2, 0) is 4.79 Å². The number of methoxy groups -OCH3 is 1. The van der Waals surface area contributed by atoms with E-state index >= 15 is 0 Å². The summed E-state index contributed by atoms with van der Waals surface area (Å²) in [6.07, 6.45) is 4.30. The fraction of sp³-hybridized carbons (Fsp3) is 0.619. The number of hydrazine groups is 1. The van der Waals surface area contributed by atoms with Gasteiger partial charge in [-0.3, -0.25) is 25.3 Å². The van der Waals surface area contributed by atoms with Crippen LogP contribution in [0.4, 0.5) is 0 Å². The summed E-state index contributed by atoms with van der Waals surface area (Å²) in [5.41, 5.74) is 5.51. The molecular formula is C21H33N3O4. The van der Waals surface area contributed by atoms with E-state index in [9.17, 15) is 9.59 Å². The zero-order chi connectivity index (χ0) is 20.5. The van der Waals surface area contributed by atoms with Crippen LogP contribution in [-0.4, -0.2) is 49.6 Å². The van der Waals surface area contributed by atoms with E-state index in [2.05, 4.69) is 15.8 Å². The number of benzene rings is 1. The van der Waals surface area contributed by atoms with Crippen molar-refractivity contribution in [2.75, 3.05) is 26.8 Å². The van der Waals surface area contributed by atoms with Gasteiger partial charge in [-0.15, -0.1) is 0 Å². The van der Waals surface area contributed by atoms with Crippen LogP contribution in [0.2, 0.25) is 0 Å². The first-order chi connectivity index (χ1) is 13.5. The summed E-state index contributed by atoms with van der Waals surface area (Å²) in [6, 6.07) is 4.71. The van der Waals surface area contributed by atoms with Crippen LogP contribution in [0.1, 0.15) is 56.8 Å². The molecule has 0 saturated carbocycles. The standard InChI is InChI=1S/C21H33N3O4/c1-5-13-28-17-10-9-16(14-18(17)27-4)20(25)22-23-21(26)19(15(2)3)24-11-7-6-8-12-24/h9-10,14-15,19H,5-8,11-13H2,1-4H3,(H,22,25)(H,23,26)/t19-/m1/s1. The number of nitrogens with zero attached hydrogens (tertiary/aromatic N) is 1. The Bertz CT molecular complexity index is 657. The number of rotatable bonds is 8. The van der Waals surface area contributed by atoms with Gasteiger partial charge in [0.2, 0.25) is 0 Å². The molecule has 1 saturated heterocycles. The first-order valence-corrected chi connectivity index (χ1v) is 10.1. The number of carbonyl (C=O) groups is 2. The summed E-state index contributed by atoms with van der Waals surface area (Å²) in [5, 5.41) is 0. The Kier molecular flexibility index (Phi) is 8.57. The van der Waals surface area contributed by atoms with Gasteiger partial charge in [-0.25, -0.2) is 0 Å². The molecule has 0 bridgehead atoms. The molecule has 1 atom stereocenters. The van der Waals surface area contributed by atoms with Crippen molar-refractivity contribution in [3.8, 4) is 11.5 Å². The number of likely N-dealkylation sites (tertiary alicyclic amines) is 1. The summed E-state index contributed by atoms with van der Waals surface area (Å²) in [5.74, 6) is 0.663. The van der Waals surface area contributed by atoms with Crippen LogP contribution in [0.5, 0.6) is 11.5 Å². The van der Waals surface area contributed by atoms with E-state index in [-0.39, 0.29) is 17.9 Å². The van der Waals surface area contributed by atoms with E-state index in [1.807, 2.05) is 20.8 Å². The molecule has 0 aliphatic carbocycles. The molecule has 1 aromatic carbocycles. The second-order valence-electron chi connectivity index (χ2n) is 7.44. The number of hydrogen-bond donors (Lipinski definition) is 2. The second-order valence-corrected chi connectivity index (χ2v) is 7.44. The summed E-state index contributed by atoms with van der Waals surface area (Å²) >= 11 is 0. The lowest BCUT2D eigenvalue weighted by molar-refractivity contribution is -0.129. The minimum Gasteiger partial charge on any atom is -0.493 e. The van der Waals surface area contributed by atoms with Crippen LogP contribution in [0.3, 0.4) is 0 Å². The zero-order valence-electron chi connectivity index (χ0n) is 17.4. The molecule has 1 heterocycles. The number of carbonyl (C=O) groups excluding carboxylic acids is 2. The van der Waals surface area contributed by atoms with E-state index in [0.717, 1.165) is 32.4 Å². The Balaban J connectivity index is 1.98. The predicted octanol–water partition coefficient (Wildman–Crippen LogP) is 2.76. The van der Waals surface area contributed by atoms with Crippen molar-refractivity contribution >= 4 is 11.8 Å². The fourth-order valence-corrected chi connectivity index (χ4v) is 3.49. The van der Waals surface area contributed by atoms with Gasteiger partial charge < -0.3 is 9.47 Å². The molecule has 1 aliphatic rings. The van der Waals surface area contributed by atoms with Crippen molar-refractivity contribution in [3.05, 3.63) is 23.8 Å². The van der Waals surface area contributed by atoms with Crippen LogP contribution < -0.4 is 20.3 Å². The van der Waals surface area contributed by atoms with Gasteiger partial charge in [-0.05, 0) is 56.5 Å². The van der Waals surface area contributed by atoms with Crippen molar-refractivity contribution in [1.82, 2.24) is 15.8 Å². The topological polar surface area (TPSA) is 79.9 Å². The molecule has 0 unspecified atom stereocenters. The van der Waals surface area contributed by atoms with Crippen LogP contribution in [0.15, 0.2) is 18.2 Å².